The number of benzene rings is 2. The molecule has 0 spiro atoms. The van der Waals surface area contributed by atoms with E-state index in [1.165, 1.54) is 49.0 Å². The van der Waals surface area contributed by atoms with Gasteiger partial charge in [-0.1, -0.05) is 56.7 Å². The van der Waals surface area contributed by atoms with Crippen molar-refractivity contribution < 1.29 is 24.5 Å². The molecule has 6 nitrogen and oxygen atoms in total. The van der Waals surface area contributed by atoms with E-state index >= 15 is 0 Å². The molecule has 0 unspecified atom stereocenters. The Labute approximate surface area is 178 Å². The van der Waals surface area contributed by atoms with Crippen molar-refractivity contribution in [2.75, 3.05) is 13.1 Å². The Kier molecular flexibility index (Phi) is 9.35. The van der Waals surface area contributed by atoms with Crippen molar-refractivity contribution in [2.45, 2.75) is 52.2 Å². The molecule has 0 amide bonds. The van der Waals surface area contributed by atoms with Gasteiger partial charge in [-0.2, -0.15) is 0 Å². The number of nitrogens with zero attached hydrogens (tertiary/aromatic N) is 1. The van der Waals surface area contributed by atoms with Gasteiger partial charge in [0.2, 0.25) is 0 Å². The lowest BCUT2D eigenvalue weighted by atomic mass is 10.0. The van der Waals surface area contributed by atoms with Crippen LogP contribution in [0.25, 0.3) is 0 Å². The molecule has 1 fully saturated rings. The van der Waals surface area contributed by atoms with Crippen molar-refractivity contribution in [1.82, 2.24) is 4.90 Å². The number of carboxylic acids is 2. The summed E-state index contributed by atoms with van der Waals surface area (Å²) in [4.78, 5) is 20.8. The van der Waals surface area contributed by atoms with Crippen LogP contribution in [0.5, 0.6) is 5.75 Å². The van der Waals surface area contributed by atoms with E-state index in [2.05, 4.69) is 67.3 Å². The maximum absolute atomic E-state index is 9.10. The molecule has 3 rings (SSSR count). The summed E-state index contributed by atoms with van der Waals surface area (Å²) in [5.74, 6) is -2.15. The molecule has 0 atom stereocenters. The normalized spacial score (nSPS) is 14.0. The Bertz CT molecular complexity index is 781. The zero-order valence-corrected chi connectivity index (χ0v) is 17.7. The van der Waals surface area contributed by atoms with Crippen LogP contribution in [-0.4, -0.2) is 40.1 Å². The van der Waals surface area contributed by atoms with Gasteiger partial charge in [0.05, 0.1) is 0 Å². The maximum Gasteiger partial charge on any atom is 0.414 e. The number of ether oxygens (including phenoxy) is 1. The van der Waals surface area contributed by atoms with Crippen LogP contribution >= 0.6 is 0 Å². The van der Waals surface area contributed by atoms with Gasteiger partial charge in [-0.25, -0.2) is 9.59 Å². The summed E-state index contributed by atoms with van der Waals surface area (Å²) < 4.78 is 5.91. The highest BCUT2D eigenvalue weighted by molar-refractivity contribution is 6.27. The standard InChI is InChI=1S/C22H29NO.C2H2O4/c1-18(2)21-10-12-22(13-11-21)24-17-20-8-6-19(7-9-20)16-23-14-4-3-5-15-23;3-1(4)2(5)6/h6-13,18H,3-5,14-17H2,1-2H3;(H,3,4)(H,5,6). The number of carbonyl (C=O) groups is 2. The van der Waals surface area contributed by atoms with E-state index in [9.17, 15) is 0 Å². The van der Waals surface area contributed by atoms with Crippen LogP contribution in [0.2, 0.25) is 0 Å². The third kappa shape index (κ3) is 8.25. The summed E-state index contributed by atoms with van der Waals surface area (Å²) in [6.07, 6.45) is 4.09. The second-order valence-electron chi connectivity index (χ2n) is 7.78. The minimum Gasteiger partial charge on any atom is -0.489 e. The van der Waals surface area contributed by atoms with E-state index in [1.54, 1.807) is 0 Å². The molecule has 1 saturated heterocycles. The van der Waals surface area contributed by atoms with E-state index in [-0.39, 0.29) is 0 Å². The van der Waals surface area contributed by atoms with Crippen LogP contribution in [0.15, 0.2) is 48.5 Å². The maximum atomic E-state index is 9.10. The Hall–Kier alpha value is -2.86. The van der Waals surface area contributed by atoms with Crippen LogP contribution in [0.3, 0.4) is 0 Å². The molecule has 2 aromatic rings. The zero-order valence-electron chi connectivity index (χ0n) is 17.7. The molecule has 1 aliphatic rings. The van der Waals surface area contributed by atoms with Crippen LogP contribution in [0.4, 0.5) is 0 Å². The lowest BCUT2D eigenvalue weighted by Gasteiger charge is -2.26. The van der Waals surface area contributed by atoms with Crippen molar-refractivity contribution in [3.63, 3.8) is 0 Å². The minimum absolute atomic E-state index is 0.562. The van der Waals surface area contributed by atoms with E-state index < -0.39 is 11.9 Å². The van der Waals surface area contributed by atoms with Crippen molar-refractivity contribution >= 4 is 11.9 Å². The third-order valence-electron chi connectivity index (χ3n) is 5.01. The highest BCUT2D eigenvalue weighted by Gasteiger charge is 2.10. The first-order valence-corrected chi connectivity index (χ1v) is 10.3. The highest BCUT2D eigenvalue weighted by atomic mass is 16.5. The molecule has 2 aromatic carbocycles. The largest absolute Gasteiger partial charge is 0.489 e. The third-order valence-corrected chi connectivity index (χ3v) is 5.01. The predicted octanol–water partition coefficient (Wildman–Crippen LogP) is 4.53. The molecule has 2 N–H and O–H groups in total. The Balaban J connectivity index is 0.000000469. The van der Waals surface area contributed by atoms with Crippen LogP contribution in [-0.2, 0) is 22.7 Å². The molecule has 0 saturated carbocycles. The second kappa shape index (κ2) is 12.0. The first-order chi connectivity index (χ1) is 14.3. The van der Waals surface area contributed by atoms with Gasteiger partial charge in [0.1, 0.15) is 12.4 Å². The average Bonchev–Trinajstić information content (AvgIpc) is 2.74. The molecular weight excluding hydrogens is 382 g/mol. The average molecular weight is 414 g/mol. The summed E-state index contributed by atoms with van der Waals surface area (Å²) in [5, 5.41) is 14.8. The van der Waals surface area contributed by atoms with Gasteiger partial charge in [-0.3, -0.25) is 4.90 Å². The van der Waals surface area contributed by atoms with Crippen LogP contribution in [0, 0.1) is 0 Å². The molecule has 1 heterocycles. The van der Waals surface area contributed by atoms with Crippen molar-refractivity contribution in [3.05, 3.63) is 65.2 Å². The van der Waals surface area contributed by atoms with Crippen molar-refractivity contribution in [1.29, 1.82) is 0 Å². The quantitative estimate of drug-likeness (QED) is 0.677. The number of rotatable bonds is 6. The first kappa shape index (κ1) is 23.4. The number of hydrogen-bond donors (Lipinski definition) is 2. The van der Waals surface area contributed by atoms with E-state index in [0.717, 1.165) is 12.3 Å². The zero-order chi connectivity index (χ0) is 21.9. The fraction of sp³-hybridized carbons (Fsp3) is 0.417. The molecule has 0 bridgehead atoms. The molecule has 0 radical (unpaired) electrons. The van der Waals surface area contributed by atoms with Gasteiger partial charge in [0, 0.05) is 6.54 Å². The molecule has 162 valence electrons. The number of likely N-dealkylation sites (tertiary alicyclic amines) is 1. The fourth-order valence-electron chi connectivity index (χ4n) is 3.23. The Morgan fingerprint density at radius 2 is 1.40 bits per heavy atom. The minimum atomic E-state index is -1.82. The van der Waals surface area contributed by atoms with E-state index in [1.807, 2.05) is 0 Å². The van der Waals surface area contributed by atoms with E-state index in [0.29, 0.717) is 12.5 Å². The summed E-state index contributed by atoms with van der Waals surface area (Å²) in [6.45, 7) is 8.62. The van der Waals surface area contributed by atoms with Crippen LogP contribution < -0.4 is 4.74 Å². The van der Waals surface area contributed by atoms with Gasteiger partial charge < -0.3 is 14.9 Å². The lowest BCUT2D eigenvalue weighted by molar-refractivity contribution is -0.159. The number of hydrogen-bond acceptors (Lipinski definition) is 4. The monoisotopic (exact) mass is 413 g/mol. The smallest absolute Gasteiger partial charge is 0.414 e. The van der Waals surface area contributed by atoms with Gasteiger partial charge >= 0.3 is 11.9 Å². The molecule has 0 aromatic heterocycles. The Morgan fingerprint density at radius 3 is 1.90 bits per heavy atom. The van der Waals surface area contributed by atoms with Gasteiger partial charge in [-0.15, -0.1) is 0 Å². The SMILES string of the molecule is CC(C)c1ccc(OCc2ccc(CN3CCCCC3)cc2)cc1.O=C(O)C(=O)O. The highest BCUT2D eigenvalue weighted by Crippen LogP contribution is 2.20. The summed E-state index contributed by atoms with van der Waals surface area (Å²) in [7, 11) is 0. The van der Waals surface area contributed by atoms with Gasteiger partial charge in [0.25, 0.3) is 0 Å². The van der Waals surface area contributed by atoms with Gasteiger partial charge in [-0.05, 0) is 60.7 Å². The topological polar surface area (TPSA) is 87.1 Å². The predicted molar refractivity (Wildman–Crippen MR) is 116 cm³/mol. The second-order valence-corrected chi connectivity index (χ2v) is 7.78. The molecular formula is C24H31NO5. The number of piperidine rings is 1. The summed E-state index contributed by atoms with van der Waals surface area (Å²) in [6, 6.07) is 17.3. The Morgan fingerprint density at radius 1 is 0.867 bits per heavy atom. The molecule has 0 aliphatic carbocycles. The molecule has 30 heavy (non-hydrogen) atoms. The van der Waals surface area contributed by atoms with Crippen molar-refractivity contribution in [3.8, 4) is 5.75 Å². The first-order valence-electron chi connectivity index (χ1n) is 10.3. The van der Waals surface area contributed by atoms with Crippen LogP contribution in [0.1, 0.15) is 55.7 Å². The summed E-state index contributed by atoms with van der Waals surface area (Å²) in [5.41, 5.74) is 3.98. The number of carboxylic acid groups (broad SMARTS) is 2. The van der Waals surface area contributed by atoms with E-state index in [4.69, 9.17) is 24.5 Å². The molecule has 1 aliphatic heterocycles. The lowest BCUT2D eigenvalue weighted by Crippen LogP contribution is -2.29. The fourth-order valence-corrected chi connectivity index (χ4v) is 3.23. The summed E-state index contributed by atoms with van der Waals surface area (Å²) >= 11 is 0. The molecule has 6 heteroatoms. The number of aliphatic carboxylic acids is 2. The van der Waals surface area contributed by atoms with Crippen molar-refractivity contribution in [2.24, 2.45) is 0 Å². The van der Waals surface area contributed by atoms with Gasteiger partial charge in [0.15, 0.2) is 0 Å².